The van der Waals surface area contributed by atoms with Gasteiger partial charge in [0.05, 0.1) is 5.69 Å². The molecule has 4 aromatic rings. The van der Waals surface area contributed by atoms with E-state index in [0.717, 1.165) is 30.3 Å². The number of hydrogen-bond acceptors (Lipinski definition) is 4. The molecule has 0 N–H and O–H groups in total. The van der Waals surface area contributed by atoms with E-state index in [0.29, 0.717) is 0 Å². The summed E-state index contributed by atoms with van der Waals surface area (Å²) < 4.78 is 0. The molecule has 5 rings (SSSR count). The predicted octanol–water partition coefficient (Wildman–Crippen LogP) is 5.23. The first kappa shape index (κ1) is 17.3. The SMILES string of the molecule is C(=C\c1ccnc(N2Cc3ccc(-c4ccccc4)cc3C2)n1)/c1ccncc1. The minimum absolute atomic E-state index is 0.763. The first-order valence-electron chi connectivity index (χ1n) is 9.68. The van der Waals surface area contributed by atoms with Crippen LogP contribution in [-0.4, -0.2) is 15.0 Å². The van der Waals surface area contributed by atoms with Crippen LogP contribution in [0.5, 0.6) is 0 Å². The molecule has 0 atom stereocenters. The van der Waals surface area contributed by atoms with Crippen molar-refractivity contribution in [3.05, 3.63) is 108 Å². The van der Waals surface area contributed by atoms with Crippen LogP contribution in [0, 0.1) is 0 Å². The highest BCUT2D eigenvalue weighted by atomic mass is 15.3. The van der Waals surface area contributed by atoms with Gasteiger partial charge in [0, 0.05) is 31.7 Å². The van der Waals surface area contributed by atoms with Gasteiger partial charge in [0.15, 0.2) is 0 Å². The van der Waals surface area contributed by atoms with Crippen molar-refractivity contribution in [1.29, 1.82) is 0 Å². The third-order valence-electron chi connectivity index (χ3n) is 5.14. The molecule has 1 aliphatic heterocycles. The number of hydrogen-bond donors (Lipinski definition) is 0. The van der Waals surface area contributed by atoms with Gasteiger partial charge >= 0.3 is 0 Å². The van der Waals surface area contributed by atoms with Crippen LogP contribution in [0.25, 0.3) is 23.3 Å². The Labute approximate surface area is 170 Å². The fourth-order valence-electron chi connectivity index (χ4n) is 3.61. The van der Waals surface area contributed by atoms with E-state index in [-0.39, 0.29) is 0 Å². The molecular formula is C25H20N4. The maximum atomic E-state index is 4.75. The van der Waals surface area contributed by atoms with Crippen molar-refractivity contribution in [3.8, 4) is 11.1 Å². The number of rotatable bonds is 4. The van der Waals surface area contributed by atoms with E-state index in [9.17, 15) is 0 Å². The molecule has 2 aromatic carbocycles. The maximum Gasteiger partial charge on any atom is 0.226 e. The first-order valence-corrected chi connectivity index (χ1v) is 9.68. The molecule has 0 saturated heterocycles. The lowest BCUT2D eigenvalue weighted by Gasteiger charge is -2.15. The maximum absolute atomic E-state index is 4.75. The zero-order valence-corrected chi connectivity index (χ0v) is 15.9. The third kappa shape index (κ3) is 3.78. The topological polar surface area (TPSA) is 41.9 Å². The summed E-state index contributed by atoms with van der Waals surface area (Å²) in [6, 6.07) is 23.1. The Morgan fingerprint density at radius 1 is 0.724 bits per heavy atom. The molecule has 29 heavy (non-hydrogen) atoms. The van der Waals surface area contributed by atoms with Crippen molar-refractivity contribution >= 4 is 18.1 Å². The van der Waals surface area contributed by atoms with Gasteiger partial charge in [0.2, 0.25) is 5.95 Å². The first-order chi connectivity index (χ1) is 14.3. The van der Waals surface area contributed by atoms with Gasteiger partial charge in [-0.25, -0.2) is 9.97 Å². The van der Waals surface area contributed by atoms with Crippen LogP contribution in [0.4, 0.5) is 5.95 Å². The second-order valence-corrected chi connectivity index (χ2v) is 7.10. The van der Waals surface area contributed by atoms with Gasteiger partial charge in [0.1, 0.15) is 0 Å². The summed E-state index contributed by atoms with van der Waals surface area (Å²) in [4.78, 5) is 15.5. The van der Waals surface area contributed by atoms with Crippen LogP contribution >= 0.6 is 0 Å². The van der Waals surface area contributed by atoms with Gasteiger partial charge in [-0.15, -0.1) is 0 Å². The molecule has 0 spiro atoms. The van der Waals surface area contributed by atoms with E-state index in [1.165, 1.54) is 22.3 Å². The van der Waals surface area contributed by atoms with Gasteiger partial charge in [-0.2, -0.15) is 0 Å². The molecule has 0 unspecified atom stereocenters. The molecule has 4 heteroatoms. The molecule has 0 fully saturated rings. The summed E-state index contributed by atoms with van der Waals surface area (Å²) in [5.41, 5.74) is 7.17. The zero-order valence-electron chi connectivity index (χ0n) is 15.9. The van der Waals surface area contributed by atoms with Crippen LogP contribution in [-0.2, 0) is 13.1 Å². The molecule has 0 saturated carbocycles. The van der Waals surface area contributed by atoms with Gasteiger partial charge in [-0.1, -0.05) is 48.5 Å². The lowest BCUT2D eigenvalue weighted by Crippen LogP contribution is -2.17. The Morgan fingerprint density at radius 2 is 1.55 bits per heavy atom. The average molecular weight is 376 g/mol. The highest BCUT2D eigenvalue weighted by Gasteiger charge is 2.21. The van der Waals surface area contributed by atoms with E-state index >= 15 is 0 Å². The number of anilines is 1. The molecule has 0 aliphatic carbocycles. The van der Waals surface area contributed by atoms with E-state index < -0.39 is 0 Å². The Hall–Kier alpha value is -3.79. The van der Waals surface area contributed by atoms with Crippen LogP contribution in [0.1, 0.15) is 22.4 Å². The normalized spacial score (nSPS) is 13.0. The highest BCUT2D eigenvalue weighted by Crippen LogP contribution is 2.30. The molecule has 2 aromatic heterocycles. The number of fused-ring (bicyclic) bond motifs is 1. The number of nitrogens with zero attached hydrogens (tertiary/aromatic N) is 4. The summed E-state index contributed by atoms with van der Waals surface area (Å²) in [5, 5.41) is 0. The molecule has 0 radical (unpaired) electrons. The molecule has 1 aliphatic rings. The second-order valence-electron chi connectivity index (χ2n) is 7.10. The standard InChI is InChI=1S/C25H20N4/c1-2-4-20(5-3-1)21-7-8-22-17-29(18-23(22)16-21)25-27-15-12-24(28-25)9-6-19-10-13-26-14-11-19/h1-16H,17-18H2/b9-6+. The summed E-state index contributed by atoms with van der Waals surface area (Å²) >= 11 is 0. The Bertz CT molecular complexity index is 1150. The van der Waals surface area contributed by atoms with Crippen LogP contribution in [0.15, 0.2) is 85.3 Å². The largest absolute Gasteiger partial charge is 0.332 e. The fraction of sp³-hybridized carbons (Fsp3) is 0.0800. The van der Waals surface area contributed by atoms with Crippen molar-refractivity contribution in [1.82, 2.24) is 15.0 Å². The Morgan fingerprint density at radius 3 is 2.41 bits per heavy atom. The van der Waals surface area contributed by atoms with Gasteiger partial charge < -0.3 is 4.90 Å². The van der Waals surface area contributed by atoms with E-state index in [1.807, 2.05) is 42.6 Å². The van der Waals surface area contributed by atoms with Gasteiger partial charge in [-0.05, 0) is 58.2 Å². The molecule has 3 heterocycles. The highest BCUT2D eigenvalue weighted by molar-refractivity contribution is 5.68. The fourth-order valence-corrected chi connectivity index (χ4v) is 3.61. The van der Waals surface area contributed by atoms with Crippen LogP contribution in [0.2, 0.25) is 0 Å². The molecular weight excluding hydrogens is 356 g/mol. The minimum atomic E-state index is 0.763. The minimum Gasteiger partial charge on any atom is -0.332 e. The van der Waals surface area contributed by atoms with Crippen molar-refractivity contribution in [2.24, 2.45) is 0 Å². The zero-order chi connectivity index (χ0) is 19.5. The monoisotopic (exact) mass is 376 g/mol. The summed E-state index contributed by atoms with van der Waals surface area (Å²) in [6.45, 7) is 1.66. The number of pyridine rings is 1. The molecule has 140 valence electrons. The average Bonchev–Trinajstić information content (AvgIpc) is 3.23. The van der Waals surface area contributed by atoms with E-state index in [1.54, 1.807) is 12.4 Å². The van der Waals surface area contributed by atoms with Gasteiger partial charge in [0.25, 0.3) is 0 Å². The van der Waals surface area contributed by atoms with E-state index in [2.05, 4.69) is 57.3 Å². The molecule has 4 nitrogen and oxygen atoms in total. The smallest absolute Gasteiger partial charge is 0.226 e. The van der Waals surface area contributed by atoms with Crippen molar-refractivity contribution < 1.29 is 0 Å². The Balaban J connectivity index is 1.36. The number of aromatic nitrogens is 3. The predicted molar refractivity (Wildman–Crippen MR) is 117 cm³/mol. The van der Waals surface area contributed by atoms with Crippen LogP contribution in [0.3, 0.4) is 0 Å². The second kappa shape index (κ2) is 7.68. The van der Waals surface area contributed by atoms with Crippen molar-refractivity contribution in [2.75, 3.05) is 4.90 Å². The quantitative estimate of drug-likeness (QED) is 0.489. The third-order valence-corrected chi connectivity index (χ3v) is 5.14. The summed E-state index contributed by atoms with van der Waals surface area (Å²) in [7, 11) is 0. The van der Waals surface area contributed by atoms with Crippen LogP contribution < -0.4 is 4.90 Å². The van der Waals surface area contributed by atoms with Crippen molar-refractivity contribution in [3.63, 3.8) is 0 Å². The van der Waals surface area contributed by atoms with Gasteiger partial charge in [-0.3, -0.25) is 4.98 Å². The summed E-state index contributed by atoms with van der Waals surface area (Å²) in [6.07, 6.45) is 9.45. The summed E-state index contributed by atoms with van der Waals surface area (Å²) in [5.74, 6) is 0.763. The lowest BCUT2D eigenvalue weighted by molar-refractivity contribution is 0.826. The molecule has 0 bridgehead atoms. The molecule has 0 amide bonds. The lowest BCUT2D eigenvalue weighted by atomic mass is 10.0. The van der Waals surface area contributed by atoms with E-state index in [4.69, 9.17) is 4.98 Å². The van der Waals surface area contributed by atoms with Crippen molar-refractivity contribution in [2.45, 2.75) is 13.1 Å². The Kier molecular flexibility index (Phi) is 4.59. The number of benzene rings is 2.